The van der Waals surface area contributed by atoms with Crippen LogP contribution in [0, 0.1) is 17.5 Å². The van der Waals surface area contributed by atoms with Crippen molar-refractivity contribution in [3.8, 4) is 0 Å². The Morgan fingerprint density at radius 2 is 1.80 bits per heavy atom. The zero-order chi connectivity index (χ0) is 10.7. The van der Waals surface area contributed by atoms with E-state index in [2.05, 4.69) is 0 Å². The number of hydrogen-bond donors (Lipinski definition) is 2. The maximum absolute atomic E-state index is 13.1. The molecule has 1 aromatic carbocycles. The third-order valence-corrected chi connectivity index (χ3v) is 1.90. The van der Waals surface area contributed by atoms with Gasteiger partial charge < -0.3 is 11.5 Å². The molecule has 0 fully saturated rings. The SMILES string of the molecule is Cl.NCC[C@H](N)c1cc(F)cc(F)c1F. The van der Waals surface area contributed by atoms with Crippen LogP contribution in [0.2, 0.25) is 0 Å². The van der Waals surface area contributed by atoms with Crippen molar-refractivity contribution in [2.45, 2.75) is 12.5 Å². The highest BCUT2D eigenvalue weighted by Crippen LogP contribution is 2.21. The number of nitrogens with two attached hydrogens (primary N) is 2. The summed E-state index contributed by atoms with van der Waals surface area (Å²) in [5.41, 5.74) is 10.5. The monoisotopic (exact) mass is 240 g/mol. The van der Waals surface area contributed by atoms with E-state index in [1.807, 2.05) is 0 Å². The number of hydrogen-bond acceptors (Lipinski definition) is 2. The molecule has 86 valence electrons. The number of benzene rings is 1. The van der Waals surface area contributed by atoms with Crippen LogP contribution >= 0.6 is 12.4 Å². The Morgan fingerprint density at radius 3 is 2.33 bits per heavy atom. The Morgan fingerprint density at radius 1 is 1.20 bits per heavy atom. The van der Waals surface area contributed by atoms with E-state index >= 15 is 0 Å². The van der Waals surface area contributed by atoms with E-state index in [0.717, 1.165) is 6.07 Å². The summed E-state index contributed by atoms with van der Waals surface area (Å²) in [6.45, 7) is 0.235. The van der Waals surface area contributed by atoms with Crippen molar-refractivity contribution < 1.29 is 13.2 Å². The lowest BCUT2D eigenvalue weighted by Gasteiger charge is -2.11. The highest BCUT2D eigenvalue weighted by atomic mass is 35.5. The van der Waals surface area contributed by atoms with Gasteiger partial charge in [-0.05, 0) is 19.0 Å². The first-order valence-corrected chi connectivity index (χ1v) is 4.16. The van der Waals surface area contributed by atoms with Gasteiger partial charge in [0.05, 0.1) is 0 Å². The summed E-state index contributed by atoms with van der Waals surface area (Å²) < 4.78 is 38.5. The van der Waals surface area contributed by atoms with E-state index in [1.54, 1.807) is 0 Å². The van der Waals surface area contributed by atoms with E-state index in [0.29, 0.717) is 6.07 Å². The summed E-state index contributed by atoms with van der Waals surface area (Å²) in [4.78, 5) is 0. The summed E-state index contributed by atoms with van der Waals surface area (Å²) in [7, 11) is 0. The molecule has 0 saturated carbocycles. The summed E-state index contributed by atoms with van der Waals surface area (Å²) in [5.74, 6) is -3.17. The van der Waals surface area contributed by atoms with Crippen molar-refractivity contribution in [3.63, 3.8) is 0 Å². The molecule has 0 spiro atoms. The van der Waals surface area contributed by atoms with Gasteiger partial charge in [0.25, 0.3) is 0 Å². The predicted molar refractivity (Wildman–Crippen MR) is 54.2 cm³/mol. The van der Waals surface area contributed by atoms with E-state index < -0.39 is 23.5 Å². The first kappa shape index (κ1) is 14.2. The molecule has 4 N–H and O–H groups in total. The van der Waals surface area contributed by atoms with E-state index in [9.17, 15) is 13.2 Å². The minimum absolute atomic E-state index is 0. The third kappa shape index (κ3) is 3.37. The molecule has 0 heterocycles. The Bertz CT molecular complexity index is 333. The smallest absolute Gasteiger partial charge is 0.163 e. The van der Waals surface area contributed by atoms with Crippen molar-refractivity contribution >= 4 is 12.4 Å². The molecule has 0 saturated heterocycles. The second kappa shape index (κ2) is 5.95. The van der Waals surface area contributed by atoms with Crippen LogP contribution in [0.3, 0.4) is 0 Å². The summed E-state index contributed by atoms with van der Waals surface area (Å²) in [5, 5.41) is 0. The molecule has 0 unspecified atom stereocenters. The van der Waals surface area contributed by atoms with Crippen LogP contribution < -0.4 is 11.5 Å². The van der Waals surface area contributed by atoms with Gasteiger partial charge in [-0.15, -0.1) is 12.4 Å². The number of halogens is 4. The number of rotatable bonds is 3. The van der Waals surface area contributed by atoms with Crippen LogP contribution in [0.4, 0.5) is 13.2 Å². The highest BCUT2D eigenvalue weighted by Gasteiger charge is 2.16. The lowest BCUT2D eigenvalue weighted by molar-refractivity contribution is 0.471. The molecule has 0 bridgehead atoms. The molecule has 0 aliphatic rings. The average Bonchev–Trinajstić information content (AvgIpc) is 2.11. The zero-order valence-corrected chi connectivity index (χ0v) is 8.66. The second-order valence-electron chi connectivity index (χ2n) is 2.97. The second-order valence-corrected chi connectivity index (χ2v) is 2.97. The first-order chi connectivity index (χ1) is 6.56. The molecular weight excluding hydrogens is 229 g/mol. The van der Waals surface area contributed by atoms with Crippen LogP contribution in [0.25, 0.3) is 0 Å². The molecule has 1 rings (SSSR count). The van der Waals surface area contributed by atoms with Crippen molar-refractivity contribution in [2.24, 2.45) is 11.5 Å². The fraction of sp³-hybridized carbons (Fsp3) is 0.333. The Labute approximate surface area is 91.9 Å². The van der Waals surface area contributed by atoms with Gasteiger partial charge in [0.15, 0.2) is 11.6 Å². The minimum Gasteiger partial charge on any atom is -0.330 e. The molecule has 0 radical (unpaired) electrons. The fourth-order valence-corrected chi connectivity index (χ4v) is 1.18. The zero-order valence-electron chi connectivity index (χ0n) is 7.84. The van der Waals surface area contributed by atoms with E-state index in [4.69, 9.17) is 11.5 Å². The van der Waals surface area contributed by atoms with Crippen molar-refractivity contribution in [1.29, 1.82) is 0 Å². The standard InChI is InChI=1S/C9H11F3N2.ClH/c10-5-3-6(8(14)1-2-13)9(12)7(11)4-5;/h3-4,8H,1-2,13-14H2;1H/t8-;/m0./s1. The van der Waals surface area contributed by atoms with E-state index in [-0.39, 0.29) is 30.9 Å². The Balaban J connectivity index is 0.00000196. The lowest BCUT2D eigenvalue weighted by atomic mass is 10.0. The molecule has 0 aromatic heterocycles. The van der Waals surface area contributed by atoms with Gasteiger partial charge in [0.2, 0.25) is 0 Å². The lowest BCUT2D eigenvalue weighted by Crippen LogP contribution is -2.17. The Hall–Kier alpha value is -0.780. The molecule has 0 aliphatic carbocycles. The molecule has 0 amide bonds. The average molecular weight is 241 g/mol. The van der Waals surface area contributed by atoms with Gasteiger partial charge in [-0.25, -0.2) is 13.2 Å². The quantitative estimate of drug-likeness (QED) is 0.793. The molecule has 1 aromatic rings. The molecule has 15 heavy (non-hydrogen) atoms. The van der Waals surface area contributed by atoms with Crippen LogP contribution in [-0.4, -0.2) is 6.54 Å². The predicted octanol–water partition coefficient (Wildman–Crippen LogP) is 1.87. The van der Waals surface area contributed by atoms with E-state index in [1.165, 1.54) is 0 Å². The largest absolute Gasteiger partial charge is 0.330 e. The minimum atomic E-state index is -1.23. The van der Waals surface area contributed by atoms with Gasteiger partial charge in [-0.3, -0.25) is 0 Å². The molecule has 2 nitrogen and oxygen atoms in total. The summed E-state index contributed by atoms with van der Waals surface area (Å²) in [6, 6.07) is 0.595. The normalized spacial score (nSPS) is 12.1. The third-order valence-electron chi connectivity index (χ3n) is 1.90. The molecule has 0 aliphatic heterocycles. The van der Waals surface area contributed by atoms with Crippen molar-refractivity contribution in [3.05, 3.63) is 35.1 Å². The van der Waals surface area contributed by atoms with Gasteiger partial charge in [-0.1, -0.05) is 0 Å². The van der Waals surface area contributed by atoms with Gasteiger partial charge in [0.1, 0.15) is 5.82 Å². The van der Waals surface area contributed by atoms with Crippen LogP contribution in [0.1, 0.15) is 18.0 Å². The molecule has 1 atom stereocenters. The van der Waals surface area contributed by atoms with Crippen molar-refractivity contribution in [2.75, 3.05) is 6.54 Å². The fourth-order valence-electron chi connectivity index (χ4n) is 1.18. The molecular formula is C9H12ClF3N2. The maximum atomic E-state index is 13.1. The van der Waals surface area contributed by atoms with Crippen LogP contribution in [0.15, 0.2) is 12.1 Å². The maximum Gasteiger partial charge on any atom is 0.163 e. The summed E-state index contributed by atoms with van der Waals surface area (Å²) in [6.07, 6.45) is 0.278. The van der Waals surface area contributed by atoms with Crippen molar-refractivity contribution in [1.82, 2.24) is 0 Å². The van der Waals surface area contributed by atoms with Gasteiger partial charge in [-0.2, -0.15) is 0 Å². The van der Waals surface area contributed by atoms with Gasteiger partial charge in [0, 0.05) is 17.7 Å². The Kier molecular flexibility index (Phi) is 5.64. The van der Waals surface area contributed by atoms with Gasteiger partial charge >= 0.3 is 0 Å². The highest BCUT2D eigenvalue weighted by molar-refractivity contribution is 5.85. The first-order valence-electron chi connectivity index (χ1n) is 4.16. The molecule has 6 heteroatoms. The topological polar surface area (TPSA) is 52.0 Å². The van der Waals surface area contributed by atoms with Crippen LogP contribution in [0.5, 0.6) is 0 Å². The summed E-state index contributed by atoms with van der Waals surface area (Å²) >= 11 is 0. The van der Waals surface area contributed by atoms with Crippen LogP contribution in [-0.2, 0) is 0 Å².